The van der Waals surface area contributed by atoms with Crippen LogP contribution in [0.15, 0.2) is 29.2 Å². The predicted molar refractivity (Wildman–Crippen MR) is 69.6 cm³/mol. The van der Waals surface area contributed by atoms with Gasteiger partial charge < -0.3 is 5.73 Å². The molecular weight excluding hydrogens is 238 g/mol. The van der Waals surface area contributed by atoms with E-state index in [-0.39, 0.29) is 10.4 Å². The lowest BCUT2D eigenvalue weighted by molar-refractivity contribution is 0.483. The van der Waals surface area contributed by atoms with Gasteiger partial charge in [-0.1, -0.05) is 19.1 Å². The Morgan fingerprint density at radius 1 is 1.18 bits per heavy atom. The van der Waals surface area contributed by atoms with E-state index in [0.29, 0.717) is 0 Å². The van der Waals surface area contributed by atoms with Gasteiger partial charge in [0.15, 0.2) is 0 Å². The third-order valence-electron chi connectivity index (χ3n) is 1.63. The van der Waals surface area contributed by atoms with Crippen LogP contribution in [0.25, 0.3) is 0 Å². The van der Waals surface area contributed by atoms with Gasteiger partial charge in [0.2, 0.25) is 0 Å². The molecule has 0 bridgehead atoms. The molecule has 0 aliphatic carbocycles. The van der Waals surface area contributed by atoms with Gasteiger partial charge in [0.1, 0.15) is 0 Å². The van der Waals surface area contributed by atoms with Gasteiger partial charge in [-0.15, -0.1) is 0 Å². The molecule has 5 heteroatoms. The molecule has 0 saturated carbocycles. The summed E-state index contributed by atoms with van der Waals surface area (Å²) in [5.74, 6) is 0. The highest BCUT2D eigenvalue weighted by Gasteiger charge is 2.07. The number of aryl methyl sites for hydroxylation is 1. The molecule has 98 valence electrons. The smallest absolute Gasteiger partial charge is 0.294 e. The zero-order valence-corrected chi connectivity index (χ0v) is 11.6. The molecule has 0 aliphatic heterocycles. The van der Waals surface area contributed by atoms with Crippen molar-refractivity contribution < 1.29 is 13.0 Å². The fourth-order valence-electron chi connectivity index (χ4n) is 0.897. The Morgan fingerprint density at radius 3 is 1.76 bits per heavy atom. The van der Waals surface area contributed by atoms with Crippen molar-refractivity contribution in [2.75, 3.05) is 0 Å². The van der Waals surface area contributed by atoms with Crippen LogP contribution in [-0.2, 0) is 16.5 Å². The predicted octanol–water partition coefficient (Wildman–Crippen LogP) is 2.24. The van der Waals surface area contributed by atoms with Crippen LogP contribution in [0, 0.1) is 0 Å². The fourth-order valence-corrected chi connectivity index (χ4v) is 1.38. The van der Waals surface area contributed by atoms with Gasteiger partial charge >= 0.3 is 0 Å². The first kappa shape index (κ1) is 16.1. The van der Waals surface area contributed by atoms with Crippen LogP contribution >= 0.6 is 0 Å². The molecule has 0 aromatic heterocycles. The second kappa shape index (κ2) is 6.14. The maximum absolute atomic E-state index is 10.6. The lowest BCUT2D eigenvalue weighted by atomic mass is 10.1. The highest BCUT2D eigenvalue weighted by molar-refractivity contribution is 7.85. The van der Waals surface area contributed by atoms with E-state index < -0.39 is 10.1 Å². The Morgan fingerprint density at radius 2 is 1.53 bits per heavy atom. The largest absolute Gasteiger partial charge is 0.326 e. The normalized spacial score (nSPS) is 11.6. The molecule has 1 aromatic carbocycles. The summed E-state index contributed by atoms with van der Waals surface area (Å²) in [6.45, 7) is 7.87. The van der Waals surface area contributed by atoms with Crippen molar-refractivity contribution >= 4 is 10.1 Å². The van der Waals surface area contributed by atoms with Crippen LogP contribution < -0.4 is 5.73 Å². The molecule has 1 rings (SSSR count). The minimum Gasteiger partial charge on any atom is -0.326 e. The first-order valence-corrected chi connectivity index (χ1v) is 6.83. The number of benzene rings is 1. The Kier molecular flexibility index (Phi) is 5.81. The molecular formula is C12H21NO3S. The molecule has 0 spiro atoms. The number of nitrogens with two attached hydrogens (primary N) is 1. The third kappa shape index (κ3) is 8.85. The molecule has 0 heterocycles. The molecule has 0 fully saturated rings. The Balaban J connectivity index is 0.000000437. The molecule has 17 heavy (non-hydrogen) atoms. The van der Waals surface area contributed by atoms with Gasteiger partial charge in [0, 0.05) is 5.54 Å². The molecule has 0 saturated heterocycles. The maximum Gasteiger partial charge on any atom is 0.294 e. The molecule has 0 unspecified atom stereocenters. The second-order valence-electron chi connectivity index (χ2n) is 4.84. The van der Waals surface area contributed by atoms with Gasteiger partial charge in [-0.2, -0.15) is 8.42 Å². The average Bonchev–Trinajstić information content (AvgIpc) is 2.14. The van der Waals surface area contributed by atoms with E-state index in [9.17, 15) is 8.42 Å². The van der Waals surface area contributed by atoms with E-state index in [4.69, 9.17) is 10.3 Å². The zero-order valence-electron chi connectivity index (χ0n) is 10.8. The molecule has 0 aliphatic rings. The van der Waals surface area contributed by atoms with Gasteiger partial charge in [-0.05, 0) is 44.9 Å². The van der Waals surface area contributed by atoms with Crippen LogP contribution in [0.4, 0.5) is 0 Å². The van der Waals surface area contributed by atoms with Gasteiger partial charge in [-0.25, -0.2) is 0 Å². The van der Waals surface area contributed by atoms with Crippen molar-refractivity contribution in [2.24, 2.45) is 5.73 Å². The van der Waals surface area contributed by atoms with Crippen molar-refractivity contribution in [1.82, 2.24) is 0 Å². The number of hydrogen-bond acceptors (Lipinski definition) is 3. The van der Waals surface area contributed by atoms with E-state index in [1.165, 1.54) is 12.1 Å². The lowest BCUT2D eigenvalue weighted by Gasteiger charge is -2.06. The summed E-state index contributed by atoms with van der Waals surface area (Å²) in [5.41, 5.74) is 6.40. The summed E-state index contributed by atoms with van der Waals surface area (Å²) in [5, 5.41) is 0. The topological polar surface area (TPSA) is 80.4 Å². The maximum atomic E-state index is 10.6. The summed E-state index contributed by atoms with van der Waals surface area (Å²) >= 11 is 0. The first-order chi connectivity index (χ1) is 7.54. The highest BCUT2D eigenvalue weighted by Crippen LogP contribution is 2.09. The van der Waals surface area contributed by atoms with E-state index in [1.54, 1.807) is 12.1 Å². The van der Waals surface area contributed by atoms with Crippen LogP contribution in [0.3, 0.4) is 0 Å². The quantitative estimate of drug-likeness (QED) is 0.798. The van der Waals surface area contributed by atoms with Crippen molar-refractivity contribution in [3.8, 4) is 0 Å². The number of rotatable bonds is 2. The Labute approximate surface area is 104 Å². The fraction of sp³-hybridized carbons (Fsp3) is 0.500. The highest BCUT2D eigenvalue weighted by atomic mass is 32.2. The molecule has 0 amide bonds. The Bertz CT molecular complexity index is 424. The zero-order chi connectivity index (χ0) is 13.7. The number of hydrogen-bond donors (Lipinski definition) is 2. The molecule has 0 atom stereocenters. The third-order valence-corrected chi connectivity index (χ3v) is 2.50. The summed E-state index contributed by atoms with van der Waals surface area (Å²) < 4.78 is 29.8. The second-order valence-corrected chi connectivity index (χ2v) is 6.26. The van der Waals surface area contributed by atoms with Crippen LogP contribution in [-0.4, -0.2) is 18.5 Å². The van der Waals surface area contributed by atoms with Crippen molar-refractivity contribution in [3.63, 3.8) is 0 Å². The van der Waals surface area contributed by atoms with Crippen LogP contribution in [0.2, 0.25) is 0 Å². The van der Waals surface area contributed by atoms with Gasteiger partial charge in [0.25, 0.3) is 10.1 Å². The summed E-state index contributed by atoms with van der Waals surface area (Å²) in [6, 6.07) is 6.16. The van der Waals surface area contributed by atoms with Crippen molar-refractivity contribution in [1.29, 1.82) is 0 Å². The van der Waals surface area contributed by atoms with Gasteiger partial charge in [-0.3, -0.25) is 4.55 Å². The molecule has 4 nitrogen and oxygen atoms in total. The minimum atomic E-state index is -4.03. The van der Waals surface area contributed by atoms with Crippen LogP contribution in [0.5, 0.6) is 0 Å². The average molecular weight is 259 g/mol. The summed E-state index contributed by atoms with van der Waals surface area (Å²) in [7, 11) is -4.03. The van der Waals surface area contributed by atoms with E-state index in [2.05, 4.69) is 0 Å². The van der Waals surface area contributed by atoms with E-state index in [1.807, 2.05) is 27.7 Å². The SMILES string of the molecule is CC(C)(C)N.CCc1ccc(S(=O)(=O)O)cc1. The molecule has 1 aromatic rings. The van der Waals surface area contributed by atoms with E-state index >= 15 is 0 Å². The van der Waals surface area contributed by atoms with Crippen molar-refractivity contribution in [3.05, 3.63) is 29.8 Å². The van der Waals surface area contributed by atoms with Crippen LogP contribution in [0.1, 0.15) is 33.3 Å². The van der Waals surface area contributed by atoms with Crippen molar-refractivity contribution in [2.45, 2.75) is 44.6 Å². The Hall–Kier alpha value is -0.910. The standard InChI is InChI=1S/C8H10O3S.C4H11N/c1-2-7-3-5-8(6-4-7)12(9,10)11;1-4(2,3)5/h3-6H,2H2,1H3,(H,9,10,11);5H2,1-3H3. The lowest BCUT2D eigenvalue weighted by Crippen LogP contribution is -2.26. The first-order valence-electron chi connectivity index (χ1n) is 5.39. The monoisotopic (exact) mass is 259 g/mol. The summed E-state index contributed by atoms with van der Waals surface area (Å²) in [6.07, 6.45) is 0.853. The summed E-state index contributed by atoms with van der Waals surface area (Å²) in [4.78, 5) is -0.0558. The van der Waals surface area contributed by atoms with Gasteiger partial charge in [0.05, 0.1) is 4.90 Å². The van der Waals surface area contributed by atoms with E-state index in [0.717, 1.165) is 12.0 Å². The molecule has 3 N–H and O–H groups in total. The minimum absolute atomic E-state index is 0. The molecule has 0 radical (unpaired) electrons.